The van der Waals surface area contributed by atoms with Crippen LogP contribution in [-0.4, -0.2) is 28.7 Å². The first-order chi connectivity index (χ1) is 8.65. The molecule has 0 spiro atoms. The summed E-state index contributed by atoms with van der Waals surface area (Å²) in [6, 6.07) is 8.61. The van der Waals surface area contributed by atoms with Gasteiger partial charge in [0.15, 0.2) is 0 Å². The Morgan fingerprint density at radius 1 is 1.33 bits per heavy atom. The Labute approximate surface area is 115 Å². The minimum Gasteiger partial charge on any atom is -0.393 e. The van der Waals surface area contributed by atoms with Gasteiger partial charge >= 0.3 is 0 Å². The van der Waals surface area contributed by atoms with Crippen LogP contribution in [0, 0.1) is 0 Å². The average molecular weight is 268 g/mol. The van der Waals surface area contributed by atoms with Gasteiger partial charge in [0.25, 0.3) is 0 Å². The zero-order chi connectivity index (χ0) is 13.0. The monoisotopic (exact) mass is 267 g/mol. The van der Waals surface area contributed by atoms with Crippen LogP contribution in [0.2, 0.25) is 5.02 Å². The van der Waals surface area contributed by atoms with Gasteiger partial charge in [0.05, 0.1) is 6.10 Å². The molecule has 1 saturated heterocycles. The summed E-state index contributed by atoms with van der Waals surface area (Å²) in [5.41, 5.74) is 1.30. The molecule has 1 aliphatic heterocycles. The highest BCUT2D eigenvalue weighted by Gasteiger charge is 2.23. The fourth-order valence-corrected chi connectivity index (χ4v) is 2.88. The van der Waals surface area contributed by atoms with Crippen molar-refractivity contribution in [3.05, 3.63) is 34.9 Å². The molecule has 0 aliphatic carbocycles. The molecule has 2 rings (SSSR count). The second kappa shape index (κ2) is 6.55. The van der Waals surface area contributed by atoms with E-state index in [1.165, 1.54) is 24.8 Å². The third-order valence-electron chi connectivity index (χ3n) is 3.66. The minimum atomic E-state index is -0.208. The van der Waals surface area contributed by atoms with Crippen LogP contribution >= 0.6 is 11.6 Å². The van der Waals surface area contributed by atoms with Gasteiger partial charge in [-0.2, -0.15) is 0 Å². The highest BCUT2D eigenvalue weighted by Crippen LogP contribution is 2.23. The molecule has 18 heavy (non-hydrogen) atoms. The van der Waals surface area contributed by atoms with Crippen molar-refractivity contribution < 1.29 is 5.11 Å². The number of hydrogen-bond donors (Lipinski definition) is 1. The lowest BCUT2D eigenvalue weighted by Crippen LogP contribution is -2.40. The maximum absolute atomic E-state index is 9.58. The minimum absolute atomic E-state index is 0.208. The van der Waals surface area contributed by atoms with E-state index in [4.69, 9.17) is 11.6 Å². The molecule has 0 radical (unpaired) electrons. The van der Waals surface area contributed by atoms with Crippen LogP contribution < -0.4 is 0 Å². The van der Waals surface area contributed by atoms with Crippen LogP contribution in [0.5, 0.6) is 0 Å². The number of benzene rings is 1. The fourth-order valence-electron chi connectivity index (χ4n) is 2.75. The highest BCUT2D eigenvalue weighted by atomic mass is 35.5. The summed E-state index contributed by atoms with van der Waals surface area (Å²) >= 11 is 5.91. The van der Waals surface area contributed by atoms with Crippen LogP contribution in [0.3, 0.4) is 0 Å². The summed E-state index contributed by atoms with van der Waals surface area (Å²) in [6.07, 6.45) is 4.44. The lowest BCUT2D eigenvalue weighted by molar-refractivity contribution is 0.0818. The zero-order valence-corrected chi connectivity index (χ0v) is 11.7. The van der Waals surface area contributed by atoms with Crippen molar-refractivity contribution in [1.29, 1.82) is 0 Å². The predicted octanol–water partition coefficient (Wildman–Crippen LogP) is 3.47. The molecular weight excluding hydrogens is 246 g/mol. The largest absolute Gasteiger partial charge is 0.393 e. The summed E-state index contributed by atoms with van der Waals surface area (Å²) in [6.45, 7) is 3.99. The quantitative estimate of drug-likeness (QED) is 0.903. The number of piperidine rings is 1. The predicted molar refractivity (Wildman–Crippen MR) is 75.8 cm³/mol. The van der Waals surface area contributed by atoms with E-state index < -0.39 is 0 Å². The van der Waals surface area contributed by atoms with Gasteiger partial charge in [-0.3, -0.25) is 4.90 Å². The molecular formula is C15H22ClNO. The topological polar surface area (TPSA) is 23.5 Å². The Morgan fingerprint density at radius 3 is 2.72 bits per heavy atom. The van der Waals surface area contributed by atoms with Gasteiger partial charge in [-0.1, -0.05) is 30.2 Å². The Bertz CT molecular complexity index is 363. The summed E-state index contributed by atoms with van der Waals surface area (Å²) in [5.74, 6) is 0. The number of halogens is 1. The first kappa shape index (κ1) is 13.9. The van der Waals surface area contributed by atoms with E-state index in [-0.39, 0.29) is 6.10 Å². The van der Waals surface area contributed by atoms with Crippen molar-refractivity contribution in [3.8, 4) is 0 Å². The van der Waals surface area contributed by atoms with E-state index in [9.17, 15) is 5.11 Å². The van der Waals surface area contributed by atoms with E-state index >= 15 is 0 Å². The van der Waals surface area contributed by atoms with Gasteiger partial charge in [-0.05, 0) is 50.4 Å². The summed E-state index contributed by atoms with van der Waals surface area (Å²) in [7, 11) is 0. The second-order valence-corrected chi connectivity index (χ2v) is 5.77. The molecule has 0 saturated carbocycles. The Morgan fingerprint density at radius 2 is 2.06 bits per heavy atom. The van der Waals surface area contributed by atoms with Crippen molar-refractivity contribution in [2.75, 3.05) is 6.54 Å². The van der Waals surface area contributed by atoms with Gasteiger partial charge in [0.2, 0.25) is 0 Å². The van der Waals surface area contributed by atoms with Gasteiger partial charge in [-0.15, -0.1) is 0 Å². The van der Waals surface area contributed by atoms with Crippen molar-refractivity contribution in [3.63, 3.8) is 0 Å². The second-order valence-electron chi connectivity index (χ2n) is 5.33. The number of nitrogens with zero attached hydrogens (tertiary/aromatic N) is 1. The number of likely N-dealkylation sites (tertiary alicyclic amines) is 1. The molecule has 2 unspecified atom stereocenters. The Hall–Kier alpha value is -0.570. The van der Waals surface area contributed by atoms with Crippen LogP contribution in [0.15, 0.2) is 24.3 Å². The number of hydrogen-bond acceptors (Lipinski definition) is 2. The molecule has 3 heteroatoms. The van der Waals surface area contributed by atoms with Crippen molar-refractivity contribution in [2.45, 2.75) is 51.3 Å². The normalized spacial score (nSPS) is 22.9. The molecule has 0 amide bonds. The van der Waals surface area contributed by atoms with E-state index in [1.54, 1.807) is 0 Å². The van der Waals surface area contributed by atoms with Crippen LogP contribution in [-0.2, 0) is 6.54 Å². The average Bonchev–Trinajstić information content (AvgIpc) is 2.34. The first-order valence-electron chi connectivity index (χ1n) is 6.81. The number of aliphatic hydroxyl groups excluding tert-OH is 1. The molecule has 1 aromatic carbocycles. The SMILES string of the molecule is CC(O)CC1CCCCN1Cc1ccc(Cl)cc1. The lowest BCUT2D eigenvalue weighted by Gasteiger charge is -2.36. The van der Waals surface area contributed by atoms with Gasteiger partial charge in [-0.25, -0.2) is 0 Å². The standard InChI is InChI=1S/C15H22ClNO/c1-12(18)10-15-4-2-3-9-17(15)11-13-5-7-14(16)8-6-13/h5-8,12,15,18H,2-4,9-11H2,1H3. The molecule has 1 fully saturated rings. The molecule has 1 aliphatic rings. The van der Waals surface area contributed by atoms with Crippen molar-refractivity contribution in [2.24, 2.45) is 0 Å². The summed E-state index contributed by atoms with van der Waals surface area (Å²) in [5, 5.41) is 10.4. The highest BCUT2D eigenvalue weighted by molar-refractivity contribution is 6.30. The molecule has 1 heterocycles. The molecule has 0 bridgehead atoms. The molecule has 2 atom stereocenters. The Balaban J connectivity index is 1.98. The fraction of sp³-hybridized carbons (Fsp3) is 0.600. The van der Waals surface area contributed by atoms with Crippen molar-refractivity contribution in [1.82, 2.24) is 4.90 Å². The maximum atomic E-state index is 9.58. The van der Waals surface area contributed by atoms with Gasteiger partial charge in [0, 0.05) is 17.6 Å². The summed E-state index contributed by atoms with van der Waals surface area (Å²) < 4.78 is 0. The smallest absolute Gasteiger partial charge is 0.0527 e. The van der Waals surface area contributed by atoms with Crippen LogP contribution in [0.1, 0.15) is 38.2 Å². The van der Waals surface area contributed by atoms with E-state index in [0.717, 1.165) is 24.5 Å². The molecule has 2 nitrogen and oxygen atoms in total. The Kier molecular flexibility index (Phi) is 5.04. The molecule has 1 aromatic rings. The van der Waals surface area contributed by atoms with Crippen LogP contribution in [0.25, 0.3) is 0 Å². The van der Waals surface area contributed by atoms with E-state index in [2.05, 4.69) is 17.0 Å². The third-order valence-corrected chi connectivity index (χ3v) is 3.91. The van der Waals surface area contributed by atoms with E-state index in [1.807, 2.05) is 19.1 Å². The van der Waals surface area contributed by atoms with Crippen molar-refractivity contribution >= 4 is 11.6 Å². The molecule has 100 valence electrons. The molecule has 0 aromatic heterocycles. The molecule has 1 N–H and O–H groups in total. The van der Waals surface area contributed by atoms with E-state index in [0.29, 0.717) is 6.04 Å². The van der Waals surface area contributed by atoms with Gasteiger partial charge in [0.1, 0.15) is 0 Å². The number of rotatable bonds is 4. The van der Waals surface area contributed by atoms with Crippen LogP contribution in [0.4, 0.5) is 0 Å². The lowest BCUT2D eigenvalue weighted by atomic mass is 9.96. The number of aliphatic hydroxyl groups is 1. The van der Waals surface area contributed by atoms with Gasteiger partial charge < -0.3 is 5.11 Å². The summed E-state index contributed by atoms with van der Waals surface area (Å²) in [4.78, 5) is 2.50. The third kappa shape index (κ3) is 3.98. The first-order valence-corrected chi connectivity index (χ1v) is 7.19. The zero-order valence-electron chi connectivity index (χ0n) is 11.0. The maximum Gasteiger partial charge on any atom is 0.0527 e.